The molecule has 3 rings (SSSR count). The molecule has 0 fully saturated rings. The summed E-state index contributed by atoms with van der Waals surface area (Å²) in [6, 6.07) is 9.26. The van der Waals surface area contributed by atoms with Gasteiger partial charge in [0.15, 0.2) is 0 Å². The SMILES string of the molecule is O=c1oc2ccccc2cc1C=C1CC=CO1. The zero-order valence-corrected chi connectivity index (χ0v) is 9.05. The third-order valence-electron chi connectivity index (χ3n) is 2.62. The van der Waals surface area contributed by atoms with Crippen molar-refractivity contribution in [3.05, 3.63) is 64.4 Å². The van der Waals surface area contributed by atoms with E-state index >= 15 is 0 Å². The van der Waals surface area contributed by atoms with Crippen LogP contribution in [0.2, 0.25) is 0 Å². The van der Waals surface area contributed by atoms with E-state index in [1.165, 1.54) is 0 Å². The molecule has 17 heavy (non-hydrogen) atoms. The summed E-state index contributed by atoms with van der Waals surface area (Å²) in [5.41, 5.74) is 0.777. The molecule has 84 valence electrons. The van der Waals surface area contributed by atoms with Gasteiger partial charge < -0.3 is 9.15 Å². The van der Waals surface area contributed by atoms with Gasteiger partial charge in [-0.1, -0.05) is 18.2 Å². The van der Waals surface area contributed by atoms with Crippen LogP contribution >= 0.6 is 0 Å². The molecule has 0 saturated carbocycles. The van der Waals surface area contributed by atoms with Gasteiger partial charge in [0.2, 0.25) is 0 Å². The van der Waals surface area contributed by atoms with E-state index in [2.05, 4.69) is 0 Å². The molecule has 2 heterocycles. The third kappa shape index (κ3) is 1.87. The standard InChI is InChI=1S/C14H10O3/c15-14-11(9-12-5-3-7-16-12)8-10-4-1-2-6-13(10)17-14/h1-4,6-9H,5H2. The fourth-order valence-electron chi connectivity index (χ4n) is 1.79. The molecule has 0 atom stereocenters. The molecule has 0 unspecified atom stereocenters. The zero-order valence-electron chi connectivity index (χ0n) is 9.05. The molecule has 0 amide bonds. The van der Waals surface area contributed by atoms with Gasteiger partial charge in [0.25, 0.3) is 0 Å². The number of fused-ring (bicyclic) bond motifs is 1. The summed E-state index contributed by atoms with van der Waals surface area (Å²) in [5, 5.41) is 0.907. The van der Waals surface area contributed by atoms with E-state index in [-0.39, 0.29) is 5.63 Å². The average Bonchev–Trinajstić information content (AvgIpc) is 2.83. The second-order valence-corrected chi connectivity index (χ2v) is 3.83. The predicted molar refractivity (Wildman–Crippen MR) is 65.3 cm³/mol. The minimum atomic E-state index is -0.341. The van der Waals surface area contributed by atoms with Crippen molar-refractivity contribution < 1.29 is 9.15 Å². The second-order valence-electron chi connectivity index (χ2n) is 3.83. The summed E-state index contributed by atoms with van der Waals surface area (Å²) in [6.45, 7) is 0. The van der Waals surface area contributed by atoms with E-state index in [0.717, 1.165) is 11.1 Å². The summed E-state index contributed by atoms with van der Waals surface area (Å²) < 4.78 is 10.5. The molecule has 0 aliphatic carbocycles. The first-order valence-electron chi connectivity index (χ1n) is 5.38. The maximum atomic E-state index is 11.7. The minimum absolute atomic E-state index is 0.341. The fourth-order valence-corrected chi connectivity index (χ4v) is 1.79. The molecule has 0 spiro atoms. The number of hydrogen-bond donors (Lipinski definition) is 0. The Morgan fingerprint density at radius 1 is 1.24 bits per heavy atom. The van der Waals surface area contributed by atoms with E-state index < -0.39 is 0 Å². The van der Waals surface area contributed by atoms with Crippen molar-refractivity contribution >= 4 is 17.0 Å². The smallest absolute Gasteiger partial charge is 0.343 e. The maximum absolute atomic E-state index is 11.7. The highest BCUT2D eigenvalue weighted by molar-refractivity contribution is 5.78. The topological polar surface area (TPSA) is 39.4 Å². The molecule has 1 aliphatic heterocycles. The highest BCUT2D eigenvalue weighted by Crippen LogP contribution is 2.18. The van der Waals surface area contributed by atoms with Gasteiger partial charge in [-0.2, -0.15) is 0 Å². The van der Waals surface area contributed by atoms with Gasteiger partial charge in [0.1, 0.15) is 11.3 Å². The Morgan fingerprint density at radius 3 is 2.94 bits per heavy atom. The number of allylic oxidation sites excluding steroid dienone is 1. The normalized spacial score (nSPS) is 16.6. The first-order valence-corrected chi connectivity index (χ1v) is 5.38. The Morgan fingerprint density at radius 2 is 2.12 bits per heavy atom. The number of ether oxygens (including phenoxy) is 1. The monoisotopic (exact) mass is 226 g/mol. The Kier molecular flexibility index (Phi) is 2.29. The first-order chi connectivity index (χ1) is 8.33. The third-order valence-corrected chi connectivity index (χ3v) is 2.62. The molecule has 3 heteroatoms. The van der Waals surface area contributed by atoms with Crippen LogP contribution in [0, 0.1) is 0 Å². The molecule has 2 aromatic rings. The van der Waals surface area contributed by atoms with E-state index in [9.17, 15) is 4.79 Å². The fraction of sp³-hybridized carbons (Fsp3) is 0.0714. The second kappa shape index (κ2) is 3.94. The number of rotatable bonds is 1. The Hall–Kier alpha value is -2.29. The molecular weight excluding hydrogens is 216 g/mol. The Balaban J connectivity index is 2.13. The van der Waals surface area contributed by atoms with E-state index in [1.807, 2.05) is 30.3 Å². The summed E-state index contributed by atoms with van der Waals surface area (Å²) >= 11 is 0. The van der Waals surface area contributed by atoms with Crippen LogP contribution < -0.4 is 5.63 Å². The number of benzene rings is 1. The van der Waals surface area contributed by atoms with Crippen LogP contribution in [-0.4, -0.2) is 0 Å². The lowest BCUT2D eigenvalue weighted by atomic mass is 10.1. The van der Waals surface area contributed by atoms with E-state index in [1.54, 1.807) is 18.4 Å². The van der Waals surface area contributed by atoms with Crippen LogP contribution in [0.5, 0.6) is 0 Å². The summed E-state index contributed by atoms with van der Waals surface area (Å²) in [4.78, 5) is 11.7. The average molecular weight is 226 g/mol. The minimum Gasteiger partial charge on any atom is -0.469 e. The summed E-state index contributed by atoms with van der Waals surface area (Å²) in [7, 11) is 0. The van der Waals surface area contributed by atoms with Gasteiger partial charge in [-0.3, -0.25) is 0 Å². The first kappa shape index (κ1) is 9.90. The van der Waals surface area contributed by atoms with Crippen LogP contribution in [-0.2, 0) is 4.74 Å². The van der Waals surface area contributed by atoms with Crippen LogP contribution in [0.25, 0.3) is 17.0 Å². The van der Waals surface area contributed by atoms with E-state index in [0.29, 0.717) is 17.6 Å². The van der Waals surface area contributed by atoms with Gasteiger partial charge >= 0.3 is 5.63 Å². The molecule has 1 aliphatic rings. The molecule has 1 aromatic carbocycles. The van der Waals surface area contributed by atoms with Crippen LogP contribution in [0.15, 0.2) is 57.6 Å². The van der Waals surface area contributed by atoms with Gasteiger partial charge in [-0.05, 0) is 24.3 Å². The van der Waals surface area contributed by atoms with Crippen LogP contribution in [0.3, 0.4) is 0 Å². The van der Waals surface area contributed by atoms with Crippen molar-refractivity contribution in [3.8, 4) is 0 Å². The lowest BCUT2D eigenvalue weighted by molar-refractivity contribution is 0.371. The Bertz CT molecular complexity index is 667. The highest BCUT2D eigenvalue weighted by Gasteiger charge is 2.06. The van der Waals surface area contributed by atoms with Crippen molar-refractivity contribution in [2.75, 3.05) is 0 Å². The molecule has 3 nitrogen and oxygen atoms in total. The van der Waals surface area contributed by atoms with Gasteiger partial charge in [0.05, 0.1) is 11.8 Å². The lowest BCUT2D eigenvalue weighted by Crippen LogP contribution is -2.02. The molecule has 0 N–H and O–H groups in total. The van der Waals surface area contributed by atoms with Crippen LogP contribution in [0.4, 0.5) is 0 Å². The number of hydrogen-bond acceptors (Lipinski definition) is 3. The molecule has 0 saturated heterocycles. The van der Waals surface area contributed by atoms with Crippen molar-refractivity contribution in [1.82, 2.24) is 0 Å². The quantitative estimate of drug-likeness (QED) is 0.701. The van der Waals surface area contributed by atoms with E-state index in [4.69, 9.17) is 9.15 Å². The van der Waals surface area contributed by atoms with Gasteiger partial charge in [-0.25, -0.2) is 4.79 Å². The van der Waals surface area contributed by atoms with Gasteiger partial charge in [0, 0.05) is 11.8 Å². The van der Waals surface area contributed by atoms with Crippen LogP contribution in [0.1, 0.15) is 12.0 Å². The van der Waals surface area contributed by atoms with Crippen molar-refractivity contribution in [3.63, 3.8) is 0 Å². The van der Waals surface area contributed by atoms with Crippen molar-refractivity contribution in [2.24, 2.45) is 0 Å². The van der Waals surface area contributed by atoms with Gasteiger partial charge in [-0.15, -0.1) is 0 Å². The largest absolute Gasteiger partial charge is 0.469 e. The maximum Gasteiger partial charge on any atom is 0.343 e. The van der Waals surface area contributed by atoms with Crippen molar-refractivity contribution in [1.29, 1.82) is 0 Å². The number of para-hydroxylation sites is 1. The van der Waals surface area contributed by atoms with Crippen molar-refractivity contribution in [2.45, 2.75) is 6.42 Å². The molecule has 1 aromatic heterocycles. The lowest BCUT2D eigenvalue weighted by Gasteiger charge is -1.99. The molecular formula is C14H10O3. The highest BCUT2D eigenvalue weighted by atomic mass is 16.5. The predicted octanol–water partition coefficient (Wildman–Crippen LogP) is 3.07. The molecule has 0 bridgehead atoms. The molecule has 0 radical (unpaired) electrons. The summed E-state index contributed by atoms with van der Waals surface area (Å²) in [6.07, 6.45) is 5.95. The Labute approximate surface area is 97.6 Å². The zero-order chi connectivity index (χ0) is 11.7. The summed E-state index contributed by atoms with van der Waals surface area (Å²) in [5.74, 6) is 0.757.